The number of phenols is 2. The Labute approximate surface area is 99.5 Å². The Morgan fingerprint density at radius 2 is 2.18 bits per heavy atom. The highest BCUT2D eigenvalue weighted by atomic mass is 16.3. The van der Waals surface area contributed by atoms with Crippen molar-refractivity contribution < 1.29 is 15.0 Å². The van der Waals surface area contributed by atoms with Crippen molar-refractivity contribution in [3.05, 3.63) is 23.8 Å². The van der Waals surface area contributed by atoms with E-state index in [9.17, 15) is 9.90 Å². The van der Waals surface area contributed by atoms with Crippen molar-refractivity contribution in [2.75, 3.05) is 13.1 Å². The maximum atomic E-state index is 12.1. The molecule has 1 saturated heterocycles. The zero-order valence-corrected chi connectivity index (χ0v) is 9.47. The number of likely N-dealkylation sites (tertiary alicyclic amines) is 1. The van der Waals surface area contributed by atoms with Gasteiger partial charge >= 0.3 is 0 Å². The van der Waals surface area contributed by atoms with E-state index in [0.29, 0.717) is 13.1 Å². The fourth-order valence-corrected chi connectivity index (χ4v) is 2.07. The maximum Gasteiger partial charge on any atom is 0.257 e. The summed E-state index contributed by atoms with van der Waals surface area (Å²) in [6.45, 7) is 1.17. The van der Waals surface area contributed by atoms with Crippen LogP contribution < -0.4 is 5.73 Å². The van der Waals surface area contributed by atoms with Crippen molar-refractivity contribution in [3.8, 4) is 11.5 Å². The van der Waals surface area contributed by atoms with Crippen LogP contribution in [-0.2, 0) is 0 Å². The molecular weight excluding hydrogens is 220 g/mol. The Hall–Kier alpha value is -1.75. The molecule has 1 unspecified atom stereocenters. The summed E-state index contributed by atoms with van der Waals surface area (Å²) in [7, 11) is 0. The first-order chi connectivity index (χ1) is 8.08. The lowest BCUT2D eigenvalue weighted by atomic mass is 10.0. The van der Waals surface area contributed by atoms with Crippen molar-refractivity contribution in [2.24, 2.45) is 5.73 Å². The van der Waals surface area contributed by atoms with Gasteiger partial charge in [0.25, 0.3) is 5.91 Å². The Morgan fingerprint density at radius 1 is 1.41 bits per heavy atom. The molecule has 1 atom stereocenters. The Morgan fingerprint density at radius 3 is 2.82 bits per heavy atom. The molecule has 1 aliphatic rings. The van der Waals surface area contributed by atoms with Crippen LogP contribution in [0.1, 0.15) is 23.2 Å². The summed E-state index contributed by atoms with van der Waals surface area (Å²) in [5.74, 6) is -0.499. The minimum absolute atomic E-state index is 0.00644. The van der Waals surface area contributed by atoms with E-state index < -0.39 is 0 Å². The summed E-state index contributed by atoms with van der Waals surface area (Å²) < 4.78 is 0. The lowest BCUT2D eigenvalue weighted by Crippen LogP contribution is -2.45. The average molecular weight is 236 g/mol. The molecule has 1 amide bonds. The molecule has 1 aromatic rings. The van der Waals surface area contributed by atoms with E-state index in [0.717, 1.165) is 18.9 Å². The molecule has 0 bridgehead atoms. The fraction of sp³-hybridized carbons (Fsp3) is 0.417. The molecule has 0 aliphatic carbocycles. The second kappa shape index (κ2) is 4.63. The molecule has 5 heteroatoms. The number of piperidine rings is 1. The second-order valence-corrected chi connectivity index (χ2v) is 4.35. The molecule has 1 fully saturated rings. The van der Waals surface area contributed by atoms with Gasteiger partial charge in [0.1, 0.15) is 11.5 Å². The number of rotatable bonds is 1. The van der Waals surface area contributed by atoms with Gasteiger partial charge in [-0.1, -0.05) is 0 Å². The van der Waals surface area contributed by atoms with Crippen LogP contribution >= 0.6 is 0 Å². The van der Waals surface area contributed by atoms with Gasteiger partial charge in [-0.3, -0.25) is 4.79 Å². The first-order valence-electron chi connectivity index (χ1n) is 5.65. The predicted molar refractivity (Wildman–Crippen MR) is 62.9 cm³/mol. The van der Waals surface area contributed by atoms with Crippen LogP contribution in [0.4, 0.5) is 0 Å². The van der Waals surface area contributed by atoms with Gasteiger partial charge in [-0.05, 0) is 25.0 Å². The van der Waals surface area contributed by atoms with E-state index in [1.807, 2.05) is 0 Å². The van der Waals surface area contributed by atoms with Crippen LogP contribution in [0.25, 0.3) is 0 Å². The third-order valence-electron chi connectivity index (χ3n) is 2.96. The topological polar surface area (TPSA) is 86.8 Å². The van der Waals surface area contributed by atoms with Gasteiger partial charge in [-0.25, -0.2) is 0 Å². The number of benzene rings is 1. The minimum Gasteiger partial charge on any atom is -0.508 e. The van der Waals surface area contributed by atoms with Crippen LogP contribution in [0.5, 0.6) is 11.5 Å². The smallest absolute Gasteiger partial charge is 0.257 e. The highest BCUT2D eigenvalue weighted by Crippen LogP contribution is 2.24. The van der Waals surface area contributed by atoms with E-state index in [2.05, 4.69) is 0 Å². The largest absolute Gasteiger partial charge is 0.508 e. The van der Waals surface area contributed by atoms with E-state index >= 15 is 0 Å². The van der Waals surface area contributed by atoms with Crippen LogP contribution in [0.3, 0.4) is 0 Å². The zero-order chi connectivity index (χ0) is 12.4. The van der Waals surface area contributed by atoms with Gasteiger partial charge < -0.3 is 20.8 Å². The molecule has 4 N–H and O–H groups in total. The summed E-state index contributed by atoms with van der Waals surface area (Å²) in [4.78, 5) is 13.7. The number of hydrogen-bond donors (Lipinski definition) is 3. The average Bonchev–Trinajstić information content (AvgIpc) is 2.28. The first-order valence-corrected chi connectivity index (χ1v) is 5.65. The monoisotopic (exact) mass is 236 g/mol. The molecule has 92 valence electrons. The van der Waals surface area contributed by atoms with Crippen molar-refractivity contribution in [1.82, 2.24) is 4.90 Å². The van der Waals surface area contributed by atoms with E-state index in [1.165, 1.54) is 12.1 Å². The molecule has 0 saturated carbocycles. The molecule has 17 heavy (non-hydrogen) atoms. The third-order valence-corrected chi connectivity index (χ3v) is 2.96. The molecule has 5 nitrogen and oxygen atoms in total. The number of nitrogens with two attached hydrogens (primary N) is 1. The summed E-state index contributed by atoms with van der Waals surface area (Å²) in [6, 6.07) is 3.98. The Balaban J connectivity index is 2.18. The summed E-state index contributed by atoms with van der Waals surface area (Å²) >= 11 is 0. The number of aromatic hydroxyl groups is 2. The standard InChI is InChI=1S/C12H16N2O3/c13-8-2-1-5-14(7-8)12(17)10-4-3-9(15)6-11(10)16/h3-4,6,8,15-16H,1-2,5,7,13H2. The van der Waals surface area contributed by atoms with Crippen LogP contribution in [0.2, 0.25) is 0 Å². The van der Waals surface area contributed by atoms with Gasteiger partial charge in [-0.15, -0.1) is 0 Å². The number of carbonyl (C=O) groups is 1. The van der Waals surface area contributed by atoms with Crippen LogP contribution in [0, 0.1) is 0 Å². The number of phenolic OH excluding ortho intramolecular Hbond substituents is 2. The normalized spacial score (nSPS) is 20.3. The van der Waals surface area contributed by atoms with Crippen LogP contribution in [0.15, 0.2) is 18.2 Å². The molecular formula is C12H16N2O3. The third kappa shape index (κ3) is 2.50. The molecule has 1 heterocycles. The molecule has 0 radical (unpaired) electrons. The number of amides is 1. The Kier molecular flexibility index (Phi) is 3.19. The van der Waals surface area contributed by atoms with Gasteiger partial charge in [0.15, 0.2) is 0 Å². The van der Waals surface area contributed by atoms with E-state index in [1.54, 1.807) is 4.90 Å². The highest BCUT2D eigenvalue weighted by molar-refractivity contribution is 5.97. The fourth-order valence-electron chi connectivity index (χ4n) is 2.07. The number of nitrogens with zero attached hydrogens (tertiary/aromatic N) is 1. The van der Waals surface area contributed by atoms with E-state index in [-0.39, 0.29) is 29.0 Å². The molecule has 2 rings (SSSR count). The van der Waals surface area contributed by atoms with Gasteiger partial charge in [-0.2, -0.15) is 0 Å². The zero-order valence-electron chi connectivity index (χ0n) is 9.47. The summed E-state index contributed by atoms with van der Waals surface area (Å²) in [6.07, 6.45) is 1.80. The summed E-state index contributed by atoms with van der Waals surface area (Å²) in [5.41, 5.74) is 6.01. The highest BCUT2D eigenvalue weighted by Gasteiger charge is 2.24. The van der Waals surface area contributed by atoms with Gasteiger partial charge in [0, 0.05) is 25.2 Å². The SMILES string of the molecule is NC1CCCN(C(=O)c2ccc(O)cc2O)C1. The second-order valence-electron chi connectivity index (χ2n) is 4.35. The number of hydrogen-bond acceptors (Lipinski definition) is 4. The predicted octanol–water partition coefficient (Wildman–Crippen LogP) is 0.661. The quantitative estimate of drug-likeness (QED) is 0.668. The molecule has 0 spiro atoms. The lowest BCUT2D eigenvalue weighted by molar-refractivity contribution is 0.0706. The van der Waals surface area contributed by atoms with Crippen molar-refractivity contribution in [2.45, 2.75) is 18.9 Å². The lowest BCUT2D eigenvalue weighted by Gasteiger charge is -2.30. The molecule has 1 aromatic carbocycles. The van der Waals surface area contributed by atoms with Crippen molar-refractivity contribution >= 4 is 5.91 Å². The van der Waals surface area contributed by atoms with Crippen LogP contribution in [-0.4, -0.2) is 40.2 Å². The first kappa shape index (κ1) is 11.7. The summed E-state index contributed by atoms with van der Waals surface area (Å²) in [5, 5.41) is 18.8. The van der Waals surface area contributed by atoms with Gasteiger partial charge in [0.05, 0.1) is 5.56 Å². The van der Waals surface area contributed by atoms with Gasteiger partial charge in [0.2, 0.25) is 0 Å². The van der Waals surface area contributed by atoms with Crippen molar-refractivity contribution in [1.29, 1.82) is 0 Å². The van der Waals surface area contributed by atoms with Crippen molar-refractivity contribution in [3.63, 3.8) is 0 Å². The Bertz CT molecular complexity index is 434. The minimum atomic E-state index is -0.238. The maximum absolute atomic E-state index is 12.1. The molecule has 1 aliphatic heterocycles. The van der Waals surface area contributed by atoms with E-state index in [4.69, 9.17) is 10.8 Å². The number of carbonyl (C=O) groups excluding carboxylic acids is 1. The molecule has 0 aromatic heterocycles.